The lowest BCUT2D eigenvalue weighted by molar-refractivity contribution is -0.146. The van der Waals surface area contributed by atoms with Crippen LogP contribution in [0.15, 0.2) is 35.7 Å². The SMILES string of the molecule is CCCCC[C@@H](C/C=C1/C(=O)C(F)=C[C@@H]1C/C=C\CCCC(=O)OC)OC(C)=O. The Bertz CT molecular complexity index is 648. The number of Topliss-reactive ketones (excluding diaryl/α,β-unsaturated/α-hetero) is 1. The van der Waals surface area contributed by atoms with Gasteiger partial charge in [0.25, 0.3) is 0 Å². The molecule has 0 aromatic rings. The van der Waals surface area contributed by atoms with Gasteiger partial charge in [-0.15, -0.1) is 0 Å². The van der Waals surface area contributed by atoms with E-state index in [0.29, 0.717) is 37.7 Å². The highest BCUT2D eigenvalue weighted by Crippen LogP contribution is 2.31. The largest absolute Gasteiger partial charge is 0.469 e. The van der Waals surface area contributed by atoms with E-state index in [1.807, 2.05) is 12.2 Å². The first-order valence-corrected chi connectivity index (χ1v) is 10.4. The van der Waals surface area contributed by atoms with Crippen molar-refractivity contribution in [3.63, 3.8) is 0 Å². The van der Waals surface area contributed by atoms with Gasteiger partial charge in [-0.2, -0.15) is 0 Å². The lowest BCUT2D eigenvalue weighted by atomic mass is 9.95. The number of methoxy groups -OCH3 is 1. The molecule has 0 aromatic carbocycles. The summed E-state index contributed by atoms with van der Waals surface area (Å²) in [7, 11) is 1.36. The standard InChI is InChI=1S/C23H33FO5/c1-4-5-8-12-19(29-17(2)25)14-15-20-18(16-21(24)23(20)27)11-9-6-7-10-13-22(26)28-3/h6,9,15-16,18-19H,4-5,7-8,10-14H2,1-3H3/b9-6-,20-15+/t18-,19-/m0/s1. The summed E-state index contributed by atoms with van der Waals surface area (Å²) >= 11 is 0. The number of hydrogen-bond acceptors (Lipinski definition) is 5. The van der Waals surface area contributed by atoms with E-state index in [1.165, 1.54) is 20.1 Å². The first kappa shape index (κ1) is 24.8. The highest BCUT2D eigenvalue weighted by atomic mass is 19.1. The third-order valence-corrected chi connectivity index (χ3v) is 4.83. The van der Waals surface area contributed by atoms with E-state index < -0.39 is 11.6 Å². The lowest BCUT2D eigenvalue weighted by Gasteiger charge is -2.16. The molecule has 1 rings (SSSR count). The predicted molar refractivity (Wildman–Crippen MR) is 110 cm³/mol. The molecule has 0 radical (unpaired) electrons. The summed E-state index contributed by atoms with van der Waals surface area (Å²) in [5.74, 6) is -2.21. The van der Waals surface area contributed by atoms with E-state index in [4.69, 9.17) is 4.74 Å². The smallest absolute Gasteiger partial charge is 0.305 e. The van der Waals surface area contributed by atoms with Crippen LogP contribution in [0, 0.1) is 5.92 Å². The number of allylic oxidation sites excluding steroid dienone is 5. The summed E-state index contributed by atoms with van der Waals surface area (Å²) in [6.45, 7) is 3.47. The molecule has 0 N–H and O–H groups in total. The van der Waals surface area contributed by atoms with E-state index in [0.717, 1.165) is 25.7 Å². The van der Waals surface area contributed by atoms with E-state index in [1.54, 1.807) is 6.08 Å². The van der Waals surface area contributed by atoms with Crippen LogP contribution in [-0.4, -0.2) is 30.9 Å². The summed E-state index contributed by atoms with van der Waals surface area (Å²) in [5, 5.41) is 0. The minimum Gasteiger partial charge on any atom is -0.469 e. The van der Waals surface area contributed by atoms with E-state index in [2.05, 4.69) is 11.7 Å². The molecule has 162 valence electrons. The zero-order valence-corrected chi connectivity index (χ0v) is 17.7. The fourth-order valence-electron chi connectivity index (χ4n) is 3.25. The van der Waals surface area contributed by atoms with Crippen LogP contribution in [0.1, 0.15) is 71.6 Å². The van der Waals surface area contributed by atoms with Crippen LogP contribution in [0.2, 0.25) is 0 Å². The Morgan fingerprint density at radius 2 is 2.00 bits per heavy atom. The average Bonchev–Trinajstić information content (AvgIpc) is 2.95. The molecule has 0 saturated carbocycles. The fourth-order valence-corrected chi connectivity index (χ4v) is 3.25. The second-order valence-corrected chi connectivity index (χ2v) is 7.25. The van der Waals surface area contributed by atoms with Crippen molar-refractivity contribution in [3.05, 3.63) is 35.7 Å². The summed E-state index contributed by atoms with van der Waals surface area (Å²) in [6, 6.07) is 0. The van der Waals surface area contributed by atoms with Crippen molar-refractivity contribution < 1.29 is 28.2 Å². The van der Waals surface area contributed by atoms with Gasteiger partial charge in [0, 0.05) is 31.3 Å². The van der Waals surface area contributed by atoms with Crippen LogP contribution in [0.3, 0.4) is 0 Å². The maximum Gasteiger partial charge on any atom is 0.305 e. The minimum absolute atomic E-state index is 0.240. The zero-order chi connectivity index (χ0) is 21.6. The Hall–Kier alpha value is -2.24. The van der Waals surface area contributed by atoms with Crippen molar-refractivity contribution in [2.45, 2.75) is 77.7 Å². The molecule has 6 heteroatoms. The van der Waals surface area contributed by atoms with Crippen molar-refractivity contribution in [2.75, 3.05) is 7.11 Å². The van der Waals surface area contributed by atoms with Crippen LogP contribution in [0.4, 0.5) is 4.39 Å². The van der Waals surface area contributed by atoms with Crippen molar-refractivity contribution in [1.29, 1.82) is 0 Å². The van der Waals surface area contributed by atoms with Gasteiger partial charge in [0.2, 0.25) is 5.78 Å². The minimum atomic E-state index is -0.727. The van der Waals surface area contributed by atoms with Gasteiger partial charge in [0.15, 0.2) is 5.83 Å². The summed E-state index contributed by atoms with van der Waals surface area (Å²) in [5.41, 5.74) is 0.425. The lowest BCUT2D eigenvalue weighted by Crippen LogP contribution is -2.16. The molecule has 0 spiro atoms. The predicted octanol–water partition coefficient (Wildman–Crippen LogP) is 5.16. The maximum absolute atomic E-state index is 13.9. The van der Waals surface area contributed by atoms with Crippen molar-refractivity contribution in [2.24, 2.45) is 5.92 Å². The van der Waals surface area contributed by atoms with Crippen LogP contribution in [0.5, 0.6) is 0 Å². The van der Waals surface area contributed by atoms with Crippen molar-refractivity contribution in [3.8, 4) is 0 Å². The molecule has 1 aliphatic carbocycles. The number of rotatable bonds is 13. The number of unbranched alkanes of at least 4 members (excludes halogenated alkanes) is 3. The molecule has 5 nitrogen and oxygen atoms in total. The first-order chi connectivity index (χ1) is 13.9. The molecule has 29 heavy (non-hydrogen) atoms. The Balaban J connectivity index is 2.64. The van der Waals surface area contributed by atoms with Crippen LogP contribution < -0.4 is 0 Å². The number of ketones is 1. The molecule has 1 aliphatic rings. The molecule has 0 bridgehead atoms. The number of carbonyl (C=O) groups is 3. The van der Waals surface area contributed by atoms with Gasteiger partial charge in [0.1, 0.15) is 6.10 Å². The molecule has 0 amide bonds. The van der Waals surface area contributed by atoms with Gasteiger partial charge in [-0.3, -0.25) is 14.4 Å². The monoisotopic (exact) mass is 408 g/mol. The normalized spacial score (nSPS) is 18.9. The zero-order valence-electron chi connectivity index (χ0n) is 17.7. The molecular weight excluding hydrogens is 375 g/mol. The average molecular weight is 409 g/mol. The van der Waals surface area contributed by atoms with Gasteiger partial charge in [-0.05, 0) is 38.2 Å². The number of esters is 2. The number of halogens is 1. The molecule has 0 unspecified atom stereocenters. The molecule has 0 saturated heterocycles. The van der Waals surface area contributed by atoms with Gasteiger partial charge < -0.3 is 9.47 Å². The molecule has 0 fully saturated rings. The molecular formula is C23H33FO5. The Morgan fingerprint density at radius 3 is 2.66 bits per heavy atom. The van der Waals surface area contributed by atoms with Crippen molar-refractivity contribution >= 4 is 17.7 Å². The summed E-state index contributed by atoms with van der Waals surface area (Å²) in [6.07, 6.45) is 13.1. The maximum atomic E-state index is 13.9. The molecule has 0 heterocycles. The topological polar surface area (TPSA) is 69.7 Å². The van der Waals surface area contributed by atoms with E-state index >= 15 is 0 Å². The Kier molecular flexibility index (Phi) is 11.8. The second kappa shape index (κ2) is 13.9. The van der Waals surface area contributed by atoms with Crippen LogP contribution in [0.25, 0.3) is 0 Å². The second-order valence-electron chi connectivity index (χ2n) is 7.25. The number of ether oxygens (including phenoxy) is 2. The molecule has 0 aromatic heterocycles. The molecule has 2 atom stereocenters. The highest BCUT2D eigenvalue weighted by molar-refractivity contribution is 6.09. The summed E-state index contributed by atoms with van der Waals surface area (Å²) in [4.78, 5) is 34.6. The van der Waals surface area contributed by atoms with Crippen LogP contribution in [-0.2, 0) is 23.9 Å². The van der Waals surface area contributed by atoms with Crippen LogP contribution >= 0.6 is 0 Å². The third-order valence-electron chi connectivity index (χ3n) is 4.83. The third kappa shape index (κ3) is 9.68. The van der Waals surface area contributed by atoms with E-state index in [-0.39, 0.29) is 24.0 Å². The van der Waals surface area contributed by atoms with Gasteiger partial charge >= 0.3 is 11.9 Å². The van der Waals surface area contributed by atoms with Gasteiger partial charge in [0.05, 0.1) is 7.11 Å². The first-order valence-electron chi connectivity index (χ1n) is 10.4. The Labute approximate surface area is 173 Å². The highest BCUT2D eigenvalue weighted by Gasteiger charge is 2.29. The van der Waals surface area contributed by atoms with Gasteiger partial charge in [-0.25, -0.2) is 4.39 Å². The summed E-state index contributed by atoms with van der Waals surface area (Å²) < 4.78 is 23.8. The fraction of sp³-hybridized carbons (Fsp3) is 0.609. The number of hydrogen-bond donors (Lipinski definition) is 0. The van der Waals surface area contributed by atoms with Crippen molar-refractivity contribution in [1.82, 2.24) is 0 Å². The van der Waals surface area contributed by atoms with Gasteiger partial charge in [-0.1, -0.05) is 38.0 Å². The number of carbonyl (C=O) groups excluding carboxylic acids is 3. The molecule has 0 aliphatic heterocycles. The van der Waals surface area contributed by atoms with E-state index in [9.17, 15) is 18.8 Å². The quantitative estimate of drug-likeness (QED) is 0.182. The Morgan fingerprint density at radius 1 is 1.24 bits per heavy atom.